The first-order chi connectivity index (χ1) is 14.5. The molecule has 2 aromatic carbocycles. The first-order valence-corrected chi connectivity index (χ1v) is 10.5. The number of carbonyl (C=O) groups is 2. The Kier molecular flexibility index (Phi) is 7.43. The Bertz CT molecular complexity index is 1010. The molecule has 0 fully saturated rings. The van der Waals surface area contributed by atoms with Crippen LogP contribution >= 0.6 is 22.9 Å². The van der Waals surface area contributed by atoms with Crippen molar-refractivity contribution in [3.8, 4) is 5.75 Å². The number of halogens is 1. The second kappa shape index (κ2) is 10.2. The van der Waals surface area contributed by atoms with Gasteiger partial charge in [0.05, 0.1) is 5.69 Å². The molecule has 0 N–H and O–H groups in total. The number of hydrogen-bond acceptors (Lipinski definition) is 6. The van der Waals surface area contributed by atoms with Crippen molar-refractivity contribution in [2.24, 2.45) is 0 Å². The predicted molar refractivity (Wildman–Crippen MR) is 117 cm³/mol. The van der Waals surface area contributed by atoms with Crippen molar-refractivity contribution >= 4 is 40.5 Å². The average Bonchev–Trinajstić information content (AvgIpc) is 3.13. The van der Waals surface area contributed by atoms with Gasteiger partial charge in [-0.2, -0.15) is 0 Å². The molecular weight excluding hydrogens is 424 g/mol. The fourth-order valence-corrected chi connectivity index (χ4v) is 3.76. The molecule has 1 amide bonds. The molecule has 0 radical (unpaired) electrons. The number of para-hydroxylation sites is 1. The number of nitrogens with zero attached hydrogens (tertiary/aromatic N) is 2. The summed E-state index contributed by atoms with van der Waals surface area (Å²) < 4.78 is 10.9. The second-order valence-corrected chi connectivity index (χ2v) is 7.83. The van der Waals surface area contributed by atoms with Gasteiger partial charge in [-0.3, -0.25) is 4.79 Å². The van der Waals surface area contributed by atoms with E-state index in [1.165, 1.54) is 11.3 Å². The predicted octanol–water partition coefficient (Wildman–Crippen LogP) is 4.89. The molecule has 0 aliphatic rings. The zero-order valence-corrected chi connectivity index (χ0v) is 18.2. The number of benzene rings is 2. The third-order valence-electron chi connectivity index (χ3n) is 4.21. The average molecular weight is 445 g/mol. The quantitative estimate of drug-likeness (QED) is 0.462. The lowest BCUT2D eigenvalue weighted by atomic mass is 10.3. The number of carbonyl (C=O) groups excluding carboxylic acids is 2. The van der Waals surface area contributed by atoms with Crippen molar-refractivity contribution in [1.82, 2.24) is 4.98 Å². The van der Waals surface area contributed by atoms with Gasteiger partial charge in [-0.05, 0) is 50.2 Å². The van der Waals surface area contributed by atoms with Crippen molar-refractivity contribution in [1.29, 1.82) is 0 Å². The molecule has 3 aromatic rings. The Hall–Kier alpha value is -2.90. The van der Waals surface area contributed by atoms with E-state index in [1.54, 1.807) is 36.1 Å². The summed E-state index contributed by atoms with van der Waals surface area (Å²) >= 11 is 7.05. The van der Waals surface area contributed by atoms with Crippen LogP contribution in [0.5, 0.6) is 5.75 Å². The van der Waals surface area contributed by atoms with E-state index in [0.29, 0.717) is 32.9 Å². The Morgan fingerprint density at radius 1 is 1.10 bits per heavy atom. The van der Waals surface area contributed by atoms with E-state index < -0.39 is 5.97 Å². The summed E-state index contributed by atoms with van der Waals surface area (Å²) in [5.41, 5.74) is 1.30. The number of ether oxygens (including phenoxy) is 2. The normalized spacial score (nSPS) is 10.5. The third-order valence-corrected chi connectivity index (χ3v) is 5.58. The molecule has 0 atom stereocenters. The summed E-state index contributed by atoms with van der Waals surface area (Å²) in [7, 11) is 0. The summed E-state index contributed by atoms with van der Waals surface area (Å²) in [6, 6.07) is 16.2. The highest BCUT2D eigenvalue weighted by atomic mass is 35.5. The number of anilines is 1. The molecule has 0 spiro atoms. The molecule has 1 heterocycles. The molecule has 0 saturated heterocycles. The van der Waals surface area contributed by atoms with Gasteiger partial charge in [-0.1, -0.05) is 29.8 Å². The fraction of sp³-hybridized carbons (Fsp3) is 0.227. The van der Waals surface area contributed by atoms with Crippen LogP contribution in [0.1, 0.15) is 27.3 Å². The van der Waals surface area contributed by atoms with Crippen LogP contribution in [-0.2, 0) is 16.1 Å². The van der Waals surface area contributed by atoms with Gasteiger partial charge in [0, 0.05) is 17.3 Å². The Balaban J connectivity index is 1.57. The van der Waals surface area contributed by atoms with Crippen LogP contribution in [-0.4, -0.2) is 30.0 Å². The summed E-state index contributed by atoms with van der Waals surface area (Å²) in [5.74, 6) is -0.201. The van der Waals surface area contributed by atoms with Crippen molar-refractivity contribution in [2.45, 2.75) is 20.5 Å². The Morgan fingerprint density at radius 3 is 2.47 bits per heavy atom. The zero-order chi connectivity index (χ0) is 21.5. The molecular formula is C22H21ClN2O4S. The lowest BCUT2D eigenvalue weighted by molar-refractivity contribution is -0.121. The standard InChI is InChI=1S/C22H21ClN2O4S/c1-3-25(17-7-5-4-6-8-17)20(26)14-29-22(27)21-15(2)24-19(30-21)13-28-18-11-9-16(23)10-12-18/h4-12H,3,13-14H2,1-2H3. The fourth-order valence-electron chi connectivity index (χ4n) is 2.76. The summed E-state index contributed by atoms with van der Waals surface area (Å²) in [6.07, 6.45) is 0. The minimum Gasteiger partial charge on any atom is -0.486 e. The van der Waals surface area contributed by atoms with E-state index in [2.05, 4.69) is 4.98 Å². The van der Waals surface area contributed by atoms with Crippen LogP contribution in [0.2, 0.25) is 5.02 Å². The monoisotopic (exact) mass is 444 g/mol. The van der Waals surface area contributed by atoms with Crippen molar-refractivity contribution in [3.63, 3.8) is 0 Å². The number of amides is 1. The lowest BCUT2D eigenvalue weighted by Gasteiger charge is -2.20. The number of hydrogen-bond donors (Lipinski definition) is 0. The SMILES string of the molecule is CCN(C(=O)COC(=O)c1sc(COc2ccc(Cl)cc2)nc1C)c1ccccc1. The highest BCUT2D eigenvalue weighted by Gasteiger charge is 2.20. The molecule has 1 aromatic heterocycles. The molecule has 0 bridgehead atoms. The van der Waals surface area contributed by atoms with E-state index in [4.69, 9.17) is 21.1 Å². The van der Waals surface area contributed by atoms with Crippen LogP contribution in [0.25, 0.3) is 0 Å². The second-order valence-electron chi connectivity index (χ2n) is 6.31. The first-order valence-electron chi connectivity index (χ1n) is 9.35. The number of likely N-dealkylation sites (N-methyl/N-ethyl adjacent to an activating group) is 1. The summed E-state index contributed by atoms with van der Waals surface area (Å²) in [6.45, 7) is 3.95. The molecule has 0 unspecified atom stereocenters. The number of aryl methyl sites for hydroxylation is 1. The van der Waals surface area contributed by atoms with Gasteiger partial charge >= 0.3 is 5.97 Å². The van der Waals surface area contributed by atoms with E-state index in [0.717, 1.165) is 5.69 Å². The molecule has 0 saturated carbocycles. The minimum atomic E-state index is -0.569. The summed E-state index contributed by atoms with van der Waals surface area (Å²) in [5, 5.41) is 1.26. The van der Waals surface area contributed by atoms with E-state index >= 15 is 0 Å². The Morgan fingerprint density at radius 2 is 1.80 bits per heavy atom. The zero-order valence-electron chi connectivity index (χ0n) is 16.6. The largest absolute Gasteiger partial charge is 0.486 e. The van der Waals surface area contributed by atoms with Gasteiger partial charge in [0.15, 0.2) is 6.61 Å². The summed E-state index contributed by atoms with van der Waals surface area (Å²) in [4.78, 5) is 31.2. The van der Waals surface area contributed by atoms with Crippen LogP contribution in [0.3, 0.4) is 0 Å². The smallest absolute Gasteiger partial charge is 0.350 e. The van der Waals surface area contributed by atoms with Crippen molar-refractivity contribution in [3.05, 3.63) is 75.2 Å². The number of thiazole rings is 1. The third kappa shape index (κ3) is 5.58. The maximum Gasteiger partial charge on any atom is 0.350 e. The van der Waals surface area contributed by atoms with Gasteiger partial charge < -0.3 is 14.4 Å². The van der Waals surface area contributed by atoms with E-state index in [-0.39, 0.29) is 19.1 Å². The van der Waals surface area contributed by atoms with Gasteiger partial charge in [0.2, 0.25) is 0 Å². The van der Waals surface area contributed by atoms with Gasteiger partial charge in [0.25, 0.3) is 5.91 Å². The Labute approximate surface area is 184 Å². The number of aromatic nitrogens is 1. The van der Waals surface area contributed by atoms with Crippen LogP contribution in [0, 0.1) is 6.92 Å². The molecule has 0 aliphatic carbocycles. The van der Waals surface area contributed by atoms with Crippen molar-refractivity contribution in [2.75, 3.05) is 18.1 Å². The lowest BCUT2D eigenvalue weighted by Crippen LogP contribution is -2.34. The first kappa shape index (κ1) is 21.8. The highest BCUT2D eigenvalue weighted by molar-refractivity contribution is 7.13. The molecule has 3 rings (SSSR count). The van der Waals surface area contributed by atoms with Gasteiger partial charge in [0.1, 0.15) is 22.2 Å². The van der Waals surface area contributed by atoms with E-state index in [1.807, 2.05) is 37.3 Å². The van der Waals surface area contributed by atoms with Crippen molar-refractivity contribution < 1.29 is 19.1 Å². The van der Waals surface area contributed by atoms with E-state index in [9.17, 15) is 9.59 Å². The molecule has 6 nitrogen and oxygen atoms in total. The number of rotatable bonds is 8. The molecule has 156 valence electrons. The number of esters is 1. The maximum absolute atomic E-state index is 12.5. The van der Waals surface area contributed by atoms with Crippen LogP contribution in [0.15, 0.2) is 54.6 Å². The topological polar surface area (TPSA) is 68.7 Å². The maximum atomic E-state index is 12.5. The van der Waals surface area contributed by atoms with Crippen LogP contribution < -0.4 is 9.64 Å². The molecule has 30 heavy (non-hydrogen) atoms. The highest BCUT2D eigenvalue weighted by Crippen LogP contribution is 2.22. The van der Waals surface area contributed by atoms with Gasteiger partial charge in [-0.25, -0.2) is 9.78 Å². The van der Waals surface area contributed by atoms with Crippen LogP contribution in [0.4, 0.5) is 5.69 Å². The molecule has 0 aliphatic heterocycles. The minimum absolute atomic E-state index is 0.219. The van der Waals surface area contributed by atoms with Gasteiger partial charge in [-0.15, -0.1) is 11.3 Å². The molecule has 8 heteroatoms.